The minimum absolute atomic E-state index is 0.0649. The molecule has 0 bridgehead atoms. The van der Waals surface area contributed by atoms with Crippen LogP contribution < -0.4 is 5.32 Å². The minimum atomic E-state index is -0.0649. The molecule has 0 atom stereocenters. The number of halogens is 1. The molecule has 0 radical (unpaired) electrons. The smallest absolute Gasteiger partial charge is 0.0983 e. The van der Waals surface area contributed by atoms with E-state index >= 15 is 0 Å². The standard InChI is InChI=1S/C21H31ClN4O/c1-21(2,3)26-16-17(20(24-26)18-7-4-5-8-19(18)22)15-23-9-6-10-25-11-13-27-14-12-25/h4-5,7-8,16,23H,6,9-15H2,1-3H3. The number of benzene rings is 1. The van der Waals surface area contributed by atoms with Crippen LogP contribution in [0.4, 0.5) is 0 Å². The molecular weight excluding hydrogens is 360 g/mol. The molecule has 2 aromatic rings. The van der Waals surface area contributed by atoms with Crippen molar-refractivity contribution in [1.29, 1.82) is 0 Å². The molecule has 0 saturated carbocycles. The first kappa shape index (κ1) is 20.3. The summed E-state index contributed by atoms with van der Waals surface area (Å²) in [6.45, 7) is 13.2. The van der Waals surface area contributed by atoms with Crippen LogP contribution in [0.25, 0.3) is 11.3 Å². The predicted octanol–water partition coefficient (Wildman–Crippen LogP) is 3.77. The highest BCUT2D eigenvalue weighted by atomic mass is 35.5. The Hall–Kier alpha value is -1.40. The Kier molecular flexibility index (Phi) is 6.93. The maximum Gasteiger partial charge on any atom is 0.0983 e. The van der Waals surface area contributed by atoms with Gasteiger partial charge < -0.3 is 10.1 Å². The lowest BCUT2D eigenvalue weighted by Gasteiger charge is -2.26. The Morgan fingerprint density at radius 3 is 2.63 bits per heavy atom. The van der Waals surface area contributed by atoms with E-state index in [0.29, 0.717) is 0 Å². The van der Waals surface area contributed by atoms with Gasteiger partial charge >= 0.3 is 0 Å². The normalized spacial score (nSPS) is 16.0. The molecule has 0 aliphatic carbocycles. The van der Waals surface area contributed by atoms with Crippen molar-refractivity contribution in [3.63, 3.8) is 0 Å². The summed E-state index contributed by atoms with van der Waals surface area (Å²) in [7, 11) is 0. The number of hydrogen-bond acceptors (Lipinski definition) is 4. The van der Waals surface area contributed by atoms with E-state index in [-0.39, 0.29) is 5.54 Å². The second kappa shape index (κ2) is 9.20. The van der Waals surface area contributed by atoms with E-state index in [1.807, 2.05) is 28.9 Å². The summed E-state index contributed by atoms with van der Waals surface area (Å²) >= 11 is 6.44. The fraction of sp³-hybridized carbons (Fsp3) is 0.571. The van der Waals surface area contributed by atoms with Gasteiger partial charge in [0.2, 0.25) is 0 Å². The molecule has 0 amide bonds. The van der Waals surface area contributed by atoms with Crippen molar-refractivity contribution in [2.75, 3.05) is 39.4 Å². The first-order valence-electron chi connectivity index (χ1n) is 9.80. The third-order valence-corrected chi connectivity index (χ3v) is 5.18. The second-order valence-corrected chi connectivity index (χ2v) is 8.49. The Balaban J connectivity index is 1.63. The molecule has 1 N–H and O–H groups in total. The van der Waals surface area contributed by atoms with E-state index in [4.69, 9.17) is 21.4 Å². The SMILES string of the molecule is CC(C)(C)n1cc(CNCCCN2CCOCC2)c(-c2ccccc2Cl)n1. The Morgan fingerprint density at radius 1 is 1.19 bits per heavy atom. The summed E-state index contributed by atoms with van der Waals surface area (Å²) in [6, 6.07) is 7.93. The first-order chi connectivity index (χ1) is 12.9. The molecule has 1 fully saturated rings. The quantitative estimate of drug-likeness (QED) is 0.731. The van der Waals surface area contributed by atoms with Crippen LogP contribution in [0.2, 0.25) is 5.02 Å². The van der Waals surface area contributed by atoms with Gasteiger partial charge in [-0.2, -0.15) is 5.10 Å². The third-order valence-electron chi connectivity index (χ3n) is 4.85. The lowest BCUT2D eigenvalue weighted by Crippen LogP contribution is -2.37. The van der Waals surface area contributed by atoms with Gasteiger partial charge in [-0.25, -0.2) is 0 Å². The topological polar surface area (TPSA) is 42.3 Å². The summed E-state index contributed by atoms with van der Waals surface area (Å²) < 4.78 is 7.44. The van der Waals surface area contributed by atoms with Crippen LogP contribution in [0.5, 0.6) is 0 Å². The fourth-order valence-corrected chi connectivity index (χ4v) is 3.46. The zero-order valence-electron chi connectivity index (χ0n) is 16.7. The summed E-state index contributed by atoms with van der Waals surface area (Å²) in [6.07, 6.45) is 3.28. The molecule has 27 heavy (non-hydrogen) atoms. The lowest BCUT2D eigenvalue weighted by atomic mass is 10.1. The van der Waals surface area contributed by atoms with E-state index < -0.39 is 0 Å². The molecule has 1 aliphatic heterocycles. The van der Waals surface area contributed by atoms with Gasteiger partial charge in [-0.3, -0.25) is 9.58 Å². The van der Waals surface area contributed by atoms with E-state index in [1.54, 1.807) is 0 Å². The predicted molar refractivity (Wildman–Crippen MR) is 111 cm³/mol. The Labute approximate surface area is 167 Å². The van der Waals surface area contributed by atoms with Crippen molar-refractivity contribution in [2.24, 2.45) is 0 Å². The highest BCUT2D eigenvalue weighted by molar-refractivity contribution is 6.33. The number of morpholine rings is 1. The second-order valence-electron chi connectivity index (χ2n) is 8.08. The lowest BCUT2D eigenvalue weighted by molar-refractivity contribution is 0.0374. The summed E-state index contributed by atoms with van der Waals surface area (Å²) in [5.74, 6) is 0. The van der Waals surface area contributed by atoms with Gasteiger partial charge in [0, 0.05) is 37.0 Å². The number of ether oxygens (including phenoxy) is 1. The van der Waals surface area contributed by atoms with Crippen LogP contribution in [0, 0.1) is 0 Å². The van der Waals surface area contributed by atoms with Crippen LogP contribution in [0.3, 0.4) is 0 Å². The monoisotopic (exact) mass is 390 g/mol. The molecule has 1 aromatic carbocycles. The molecule has 5 nitrogen and oxygen atoms in total. The highest BCUT2D eigenvalue weighted by Crippen LogP contribution is 2.30. The number of hydrogen-bond donors (Lipinski definition) is 1. The van der Waals surface area contributed by atoms with Crippen molar-refractivity contribution in [1.82, 2.24) is 20.0 Å². The average Bonchev–Trinajstić information content (AvgIpc) is 3.07. The zero-order chi connectivity index (χ0) is 19.3. The van der Waals surface area contributed by atoms with Gasteiger partial charge in [-0.15, -0.1) is 0 Å². The van der Waals surface area contributed by atoms with E-state index in [2.05, 4.69) is 37.2 Å². The van der Waals surface area contributed by atoms with Crippen molar-refractivity contribution in [3.8, 4) is 11.3 Å². The maximum atomic E-state index is 6.44. The first-order valence-corrected chi connectivity index (χ1v) is 10.2. The molecular formula is C21H31ClN4O. The van der Waals surface area contributed by atoms with Crippen molar-refractivity contribution < 1.29 is 4.74 Å². The zero-order valence-corrected chi connectivity index (χ0v) is 17.4. The molecule has 1 aromatic heterocycles. The van der Waals surface area contributed by atoms with Gasteiger partial charge in [0.25, 0.3) is 0 Å². The largest absolute Gasteiger partial charge is 0.379 e. The van der Waals surface area contributed by atoms with Crippen molar-refractivity contribution >= 4 is 11.6 Å². The van der Waals surface area contributed by atoms with E-state index in [9.17, 15) is 0 Å². The van der Waals surface area contributed by atoms with Crippen LogP contribution in [0.1, 0.15) is 32.8 Å². The van der Waals surface area contributed by atoms with E-state index in [0.717, 1.165) is 68.6 Å². The Bertz CT molecular complexity index is 732. The van der Waals surface area contributed by atoms with Crippen LogP contribution >= 0.6 is 11.6 Å². The third kappa shape index (κ3) is 5.55. The molecule has 1 aliphatic rings. The van der Waals surface area contributed by atoms with Crippen molar-refractivity contribution in [3.05, 3.63) is 41.0 Å². The van der Waals surface area contributed by atoms with Gasteiger partial charge in [-0.1, -0.05) is 29.8 Å². The average molecular weight is 391 g/mol. The number of rotatable bonds is 7. The van der Waals surface area contributed by atoms with Gasteiger partial charge in [-0.05, 0) is 46.3 Å². The molecule has 1 saturated heterocycles. The van der Waals surface area contributed by atoms with Crippen LogP contribution in [-0.4, -0.2) is 54.1 Å². The van der Waals surface area contributed by atoms with Gasteiger partial charge in [0.1, 0.15) is 0 Å². The van der Waals surface area contributed by atoms with Crippen molar-refractivity contribution in [2.45, 2.75) is 39.3 Å². The number of nitrogens with zero attached hydrogens (tertiary/aromatic N) is 3. The van der Waals surface area contributed by atoms with E-state index in [1.165, 1.54) is 5.56 Å². The van der Waals surface area contributed by atoms with Gasteiger partial charge in [0.05, 0.1) is 29.5 Å². The Morgan fingerprint density at radius 2 is 1.93 bits per heavy atom. The summed E-state index contributed by atoms with van der Waals surface area (Å²) in [4.78, 5) is 2.47. The van der Waals surface area contributed by atoms with Gasteiger partial charge in [0.15, 0.2) is 0 Å². The van der Waals surface area contributed by atoms with Crippen LogP contribution in [-0.2, 0) is 16.8 Å². The molecule has 148 valence electrons. The molecule has 6 heteroatoms. The number of aromatic nitrogens is 2. The molecule has 3 rings (SSSR count). The summed E-state index contributed by atoms with van der Waals surface area (Å²) in [5, 5.41) is 9.18. The molecule has 0 unspecified atom stereocenters. The maximum absolute atomic E-state index is 6.44. The fourth-order valence-electron chi connectivity index (χ4n) is 3.24. The molecule has 2 heterocycles. The molecule has 0 spiro atoms. The minimum Gasteiger partial charge on any atom is -0.379 e. The highest BCUT2D eigenvalue weighted by Gasteiger charge is 2.20. The van der Waals surface area contributed by atoms with Crippen LogP contribution in [0.15, 0.2) is 30.5 Å². The number of nitrogens with one attached hydrogen (secondary N) is 1. The summed E-state index contributed by atoms with van der Waals surface area (Å²) in [5.41, 5.74) is 3.08.